The molecule has 2 aromatic rings. The second-order valence-corrected chi connectivity index (χ2v) is 5.91. The van der Waals surface area contributed by atoms with E-state index >= 15 is 0 Å². The lowest BCUT2D eigenvalue weighted by Crippen LogP contribution is -2.40. The summed E-state index contributed by atoms with van der Waals surface area (Å²) < 4.78 is 0. The van der Waals surface area contributed by atoms with Crippen LogP contribution in [0.15, 0.2) is 59.6 Å². The van der Waals surface area contributed by atoms with Gasteiger partial charge in [-0.3, -0.25) is 4.99 Å². The zero-order chi connectivity index (χ0) is 17.2. The summed E-state index contributed by atoms with van der Waals surface area (Å²) in [6, 6.07) is 18.6. The first-order chi connectivity index (χ1) is 11.7. The number of nitrogens with one attached hydrogen (secondary N) is 2. The van der Waals surface area contributed by atoms with Gasteiger partial charge in [-0.1, -0.05) is 60.2 Å². The van der Waals surface area contributed by atoms with Crippen molar-refractivity contribution >= 4 is 5.96 Å². The first kappa shape index (κ1) is 18.0. The van der Waals surface area contributed by atoms with E-state index in [1.54, 1.807) is 7.05 Å². The summed E-state index contributed by atoms with van der Waals surface area (Å²) in [5.41, 5.74) is 3.72. The Hall–Kier alpha value is -2.33. The fraction of sp³-hybridized carbons (Fsp3) is 0.350. The molecule has 0 spiro atoms. The number of hydrogen-bond acceptors (Lipinski definition) is 2. The average molecular weight is 325 g/mol. The van der Waals surface area contributed by atoms with Gasteiger partial charge in [0.25, 0.3) is 0 Å². The SMILES string of the molecule is CN=C(NCCc1cccc(C)c1)NCC(CO)c1ccccc1. The number of aryl methyl sites for hydroxylation is 1. The minimum absolute atomic E-state index is 0.0570. The molecule has 0 heterocycles. The third-order valence-corrected chi connectivity index (χ3v) is 4.02. The van der Waals surface area contributed by atoms with E-state index < -0.39 is 0 Å². The highest BCUT2D eigenvalue weighted by Crippen LogP contribution is 2.13. The summed E-state index contributed by atoms with van der Waals surface area (Å²) in [6.07, 6.45) is 0.949. The third-order valence-electron chi connectivity index (χ3n) is 4.02. The maximum absolute atomic E-state index is 9.62. The zero-order valence-electron chi connectivity index (χ0n) is 14.5. The van der Waals surface area contributed by atoms with Crippen LogP contribution in [0.25, 0.3) is 0 Å². The van der Waals surface area contributed by atoms with E-state index in [2.05, 4.69) is 46.8 Å². The summed E-state index contributed by atoms with van der Waals surface area (Å²) in [5.74, 6) is 0.818. The molecule has 24 heavy (non-hydrogen) atoms. The Morgan fingerprint density at radius 3 is 2.54 bits per heavy atom. The lowest BCUT2D eigenvalue weighted by molar-refractivity contribution is 0.265. The molecular weight excluding hydrogens is 298 g/mol. The van der Waals surface area contributed by atoms with Crippen LogP contribution >= 0.6 is 0 Å². The zero-order valence-corrected chi connectivity index (χ0v) is 14.5. The van der Waals surface area contributed by atoms with Crippen LogP contribution in [-0.2, 0) is 6.42 Å². The van der Waals surface area contributed by atoms with Crippen molar-refractivity contribution in [3.63, 3.8) is 0 Å². The predicted molar refractivity (Wildman–Crippen MR) is 101 cm³/mol. The summed E-state index contributed by atoms with van der Waals surface area (Å²) in [4.78, 5) is 4.25. The van der Waals surface area contributed by atoms with Gasteiger partial charge in [-0.2, -0.15) is 0 Å². The Labute approximate surface area is 144 Å². The standard InChI is InChI=1S/C20H27N3O/c1-16-7-6-8-17(13-16)11-12-22-20(21-2)23-14-19(15-24)18-9-4-3-5-10-18/h3-10,13,19,24H,11-12,14-15H2,1-2H3,(H2,21,22,23). The van der Waals surface area contributed by atoms with Gasteiger partial charge >= 0.3 is 0 Å². The molecular formula is C20H27N3O. The molecule has 0 saturated heterocycles. The minimum atomic E-state index is 0.0570. The second kappa shape index (κ2) is 9.73. The molecule has 0 aliphatic carbocycles. The first-order valence-corrected chi connectivity index (χ1v) is 8.38. The highest BCUT2D eigenvalue weighted by Gasteiger charge is 2.10. The smallest absolute Gasteiger partial charge is 0.191 e. The third kappa shape index (κ3) is 5.70. The molecule has 2 rings (SSSR count). The molecule has 1 atom stereocenters. The van der Waals surface area contributed by atoms with Crippen LogP contribution in [0.4, 0.5) is 0 Å². The highest BCUT2D eigenvalue weighted by atomic mass is 16.3. The van der Waals surface area contributed by atoms with Gasteiger partial charge in [0.15, 0.2) is 5.96 Å². The van der Waals surface area contributed by atoms with Crippen LogP contribution < -0.4 is 10.6 Å². The topological polar surface area (TPSA) is 56.7 Å². The fourth-order valence-electron chi connectivity index (χ4n) is 2.65. The Bertz CT molecular complexity index is 640. The number of aliphatic hydroxyl groups excluding tert-OH is 1. The molecule has 0 aliphatic rings. The van der Waals surface area contributed by atoms with Gasteiger partial charge in [0.2, 0.25) is 0 Å². The molecule has 2 aromatic carbocycles. The number of nitrogens with zero attached hydrogens (tertiary/aromatic N) is 1. The van der Waals surface area contributed by atoms with Crippen LogP contribution in [0.2, 0.25) is 0 Å². The number of hydrogen-bond donors (Lipinski definition) is 3. The van der Waals surface area contributed by atoms with Crippen molar-refractivity contribution in [1.82, 2.24) is 10.6 Å². The molecule has 1 unspecified atom stereocenters. The summed E-state index contributed by atoms with van der Waals surface area (Å²) in [7, 11) is 1.76. The van der Waals surface area contributed by atoms with Crippen LogP contribution in [0.3, 0.4) is 0 Å². The van der Waals surface area contributed by atoms with E-state index in [0.717, 1.165) is 24.5 Å². The molecule has 0 fully saturated rings. The monoisotopic (exact) mass is 325 g/mol. The molecule has 4 nitrogen and oxygen atoms in total. The number of benzene rings is 2. The van der Waals surface area contributed by atoms with Gasteiger partial charge in [0.1, 0.15) is 0 Å². The molecule has 4 heteroatoms. The van der Waals surface area contributed by atoms with Gasteiger partial charge in [-0.25, -0.2) is 0 Å². The van der Waals surface area contributed by atoms with Crippen LogP contribution in [0.1, 0.15) is 22.6 Å². The quantitative estimate of drug-likeness (QED) is 0.541. The average Bonchev–Trinajstić information content (AvgIpc) is 2.61. The van der Waals surface area contributed by atoms with Crippen LogP contribution in [-0.4, -0.2) is 37.8 Å². The maximum atomic E-state index is 9.62. The van der Waals surface area contributed by atoms with Crippen molar-refractivity contribution in [2.24, 2.45) is 4.99 Å². The van der Waals surface area contributed by atoms with Crippen molar-refractivity contribution in [2.45, 2.75) is 19.3 Å². The van der Waals surface area contributed by atoms with Crippen molar-refractivity contribution in [1.29, 1.82) is 0 Å². The predicted octanol–water partition coefficient (Wildman–Crippen LogP) is 2.48. The van der Waals surface area contributed by atoms with E-state index in [-0.39, 0.29) is 12.5 Å². The van der Waals surface area contributed by atoms with E-state index in [1.165, 1.54) is 11.1 Å². The Balaban J connectivity index is 1.79. The highest BCUT2D eigenvalue weighted by molar-refractivity contribution is 5.79. The van der Waals surface area contributed by atoms with Crippen molar-refractivity contribution in [2.75, 3.05) is 26.7 Å². The van der Waals surface area contributed by atoms with E-state index in [9.17, 15) is 5.11 Å². The maximum Gasteiger partial charge on any atom is 0.191 e. The van der Waals surface area contributed by atoms with Crippen LogP contribution in [0, 0.1) is 6.92 Å². The lowest BCUT2D eigenvalue weighted by Gasteiger charge is -2.18. The molecule has 0 saturated carbocycles. The molecule has 128 valence electrons. The second-order valence-electron chi connectivity index (χ2n) is 5.91. The van der Waals surface area contributed by atoms with Crippen LogP contribution in [0.5, 0.6) is 0 Å². The van der Waals surface area contributed by atoms with E-state index in [1.807, 2.05) is 30.3 Å². The largest absolute Gasteiger partial charge is 0.396 e. The number of guanidine groups is 1. The molecule has 3 N–H and O–H groups in total. The fourth-order valence-corrected chi connectivity index (χ4v) is 2.65. The number of rotatable bonds is 7. The molecule has 0 bridgehead atoms. The van der Waals surface area contributed by atoms with Gasteiger partial charge in [-0.15, -0.1) is 0 Å². The molecule has 0 aromatic heterocycles. The summed E-state index contributed by atoms with van der Waals surface area (Å²) >= 11 is 0. The van der Waals surface area contributed by atoms with Crippen molar-refractivity contribution < 1.29 is 5.11 Å². The van der Waals surface area contributed by atoms with Gasteiger partial charge in [0.05, 0.1) is 6.61 Å². The number of aliphatic imine (C=N–C) groups is 1. The molecule has 0 radical (unpaired) electrons. The van der Waals surface area contributed by atoms with E-state index in [0.29, 0.717) is 6.54 Å². The van der Waals surface area contributed by atoms with E-state index in [4.69, 9.17) is 0 Å². The Morgan fingerprint density at radius 1 is 1.08 bits per heavy atom. The number of aliphatic hydroxyl groups is 1. The summed E-state index contributed by atoms with van der Waals surface area (Å²) in [6.45, 7) is 3.68. The first-order valence-electron chi connectivity index (χ1n) is 8.38. The van der Waals surface area contributed by atoms with Gasteiger partial charge < -0.3 is 15.7 Å². The van der Waals surface area contributed by atoms with Crippen molar-refractivity contribution in [3.8, 4) is 0 Å². The Morgan fingerprint density at radius 2 is 1.88 bits per heavy atom. The Kier molecular flexibility index (Phi) is 7.30. The minimum Gasteiger partial charge on any atom is -0.396 e. The lowest BCUT2D eigenvalue weighted by atomic mass is 10.0. The van der Waals surface area contributed by atoms with Gasteiger partial charge in [0, 0.05) is 26.1 Å². The summed E-state index contributed by atoms with van der Waals surface area (Å²) in [5, 5.41) is 16.2. The molecule has 0 aliphatic heterocycles. The normalized spacial score (nSPS) is 12.7. The van der Waals surface area contributed by atoms with Gasteiger partial charge in [-0.05, 0) is 24.5 Å². The van der Waals surface area contributed by atoms with Crippen molar-refractivity contribution in [3.05, 3.63) is 71.3 Å². The molecule has 0 amide bonds.